The van der Waals surface area contributed by atoms with Gasteiger partial charge in [0.25, 0.3) is 0 Å². The first-order valence-corrected chi connectivity index (χ1v) is 3.84. The number of anilines is 1. The van der Waals surface area contributed by atoms with Crippen molar-refractivity contribution in [3.8, 4) is 0 Å². The lowest BCUT2D eigenvalue weighted by Crippen LogP contribution is -1.90. The molecule has 2 aromatic rings. The number of pyridine rings is 1. The highest BCUT2D eigenvalue weighted by molar-refractivity contribution is 5.77. The Morgan fingerprint density at radius 2 is 2.25 bits per heavy atom. The first-order valence-electron chi connectivity index (χ1n) is 3.84. The highest BCUT2D eigenvalue weighted by Crippen LogP contribution is 2.19. The Kier molecular flexibility index (Phi) is 1.50. The van der Waals surface area contributed by atoms with Crippen LogP contribution in [0.1, 0.15) is 5.56 Å². The summed E-state index contributed by atoms with van der Waals surface area (Å²) in [5.74, 6) is 0.868. The molecule has 2 rings (SSSR count). The maximum Gasteiger partial charge on any atom is 0.152 e. The summed E-state index contributed by atoms with van der Waals surface area (Å²) in [7, 11) is 1.85. The zero-order valence-corrected chi connectivity index (χ0v) is 7.09. The van der Waals surface area contributed by atoms with Gasteiger partial charge < -0.3 is 9.73 Å². The summed E-state index contributed by atoms with van der Waals surface area (Å²) in [4.78, 5) is 4.35. The normalized spacial score (nSPS) is 10.5. The van der Waals surface area contributed by atoms with Crippen LogP contribution in [0.2, 0.25) is 0 Å². The molecule has 0 saturated carbocycles. The summed E-state index contributed by atoms with van der Waals surface area (Å²) in [5.41, 5.74) is 2.84. The van der Waals surface area contributed by atoms with Crippen molar-refractivity contribution in [2.24, 2.45) is 0 Å². The molecule has 0 amide bonds. The van der Waals surface area contributed by atoms with Crippen LogP contribution in [-0.4, -0.2) is 12.0 Å². The van der Waals surface area contributed by atoms with Crippen molar-refractivity contribution >= 4 is 16.9 Å². The van der Waals surface area contributed by atoms with E-state index in [1.165, 1.54) is 0 Å². The fourth-order valence-corrected chi connectivity index (χ4v) is 1.17. The molecule has 2 aromatic heterocycles. The molecule has 0 spiro atoms. The predicted octanol–water partition coefficient (Wildman–Crippen LogP) is 2.18. The molecular weight excluding hydrogens is 152 g/mol. The van der Waals surface area contributed by atoms with Gasteiger partial charge in [-0.3, -0.25) is 0 Å². The molecule has 0 aliphatic carbocycles. The van der Waals surface area contributed by atoms with Gasteiger partial charge in [0.05, 0.1) is 6.26 Å². The number of furan rings is 1. The molecule has 12 heavy (non-hydrogen) atoms. The first-order chi connectivity index (χ1) is 5.81. The molecule has 1 N–H and O–H groups in total. The topological polar surface area (TPSA) is 38.1 Å². The number of fused-ring (bicyclic) bond motifs is 1. The van der Waals surface area contributed by atoms with Crippen molar-refractivity contribution in [1.29, 1.82) is 0 Å². The molecule has 0 aromatic carbocycles. The predicted molar refractivity (Wildman–Crippen MR) is 48.3 cm³/mol. The van der Waals surface area contributed by atoms with Crippen molar-refractivity contribution in [3.63, 3.8) is 0 Å². The summed E-state index contributed by atoms with van der Waals surface area (Å²) in [5, 5.41) is 2.98. The van der Waals surface area contributed by atoms with E-state index in [1.807, 2.05) is 26.1 Å². The van der Waals surface area contributed by atoms with Crippen molar-refractivity contribution in [1.82, 2.24) is 4.98 Å². The lowest BCUT2D eigenvalue weighted by Gasteiger charge is -1.96. The summed E-state index contributed by atoms with van der Waals surface area (Å²) in [6.07, 6.45) is 1.72. The van der Waals surface area contributed by atoms with Crippen LogP contribution >= 0.6 is 0 Å². The standard InChI is InChI=1S/C9H10N2O/c1-6-5-12-7-3-4-8(10-2)11-9(6)7/h3-5H,1-2H3,(H,10,11). The van der Waals surface area contributed by atoms with Gasteiger partial charge in [0.1, 0.15) is 11.3 Å². The molecule has 3 heteroatoms. The Balaban J connectivity index is 2.71. The second kappa shape index (κ2) is 2.52. The van der Waals surface area contributed by atoms with Crippen molar-refractivity contribution in [2.75, 3.05) is 12.4 Å². The zero-order chi connectivity index (χ0) is 8.55. The third-order valence-corrected chi connectivity index (χ3v) is 1.85. The second-order valence-corrected chi connectivity index (χ2v) is 2.71. The highest BCUT2D eigenvalue weighted by atomic mass is 16.3. The van der Waals surface area contributed by atoms with Crippen LogP contribution in [0.4, 0.5) is 5.82 Å². The molecule has 0 bridgehead atoms. The van der Waals surface area contributed by atoms with Gasteiger partial charge >= 0.3 is 0 Å². The lowest BCUT2D eigenvalue weighted by molar-refractivity contribution is 0.612. The van der Waals surface area contributed by atoms with Crippen LogP contribution in [0.25, 0.3) is 11.1 Å². The molecule has 0 fully saturated rings. The summed E-state index contributed by atoms with van der Waals surface area (Å²) in [6, 6.07) is 3.81. The molecular formula is C9H10N2O. The van der Waals surface area contributed by atoms with Gasteiger partial charge in [0, 0.05) is 12.6 Å². The Labute approximate surface area is 70.4 Å². The Morgan fingerprint density at radius 1 is 1.42 bits per heavy atom. The molecule has 62 valence electrons. The molecule has 0 aliphatic rings. The van der Waals surface area contributed by atoms with E-state index in [9.17, 15) is 0 Å². The molecule has 0 radical (unpaired) electrons. The van der Waals surface area contributed by atoms with Crippen LogP contribution < -0.4 is 5.32 Å². The van der Waals surface area contributed by atoms with Gasteiger partial charge in [-0.1, -0.05) is 0 Å². The molecule has 2 heterocycles. The quantitative estimate of drug-likeness (QED) is 0.698. The average Bonchev–Trinajstić information content (AvgIpc) is 2.47. The third kappa shape index (κ3) is 0.942. The Bertz CT molecular complexity index is 406. The average molecular weight is 162 g/mol. The van der Waals surface area contributed by atoms with Gasteiger partial charge in [0.2, 0.25) is 0 Å². The monoisotopic (exact) mass is 162 g/mol. The SMILES string of the molecule is CNc1ccc2occ(C)c2n1. The maximum absolute atomic E-state index is 5.26. The van der Waals surface area contributed by atoms with Crippen LogP contribution in [0.15, 0.2) is 22.8 Å². The van der Waals surface area contributed by atoms with E-state index >= 15 is 0 Å². The Morgan fingerprint density at radius 3 is 3.00 bits per heavy atom. The zero-order valence-electron chi connectivity index (χ0n) is 7.09. The highest BCUT2D eigenvalue weighted by Gasteiger charge is 2.02. The van der Waals surface area contributed by atoms with E-state index in [-0.39, 0.29) is 0 Å². The first kappa shape index (κ1) is 7.16. The number of aryl methyl sites for hydroxylation is 1. The number of nitrogens with one attached hydrogen (secondary N) is 1. The lowest BCUT2D eigenvalue weighted by atomic mass is 10.3. The number of hydrogen-bond donors (Lipinski definition) is 1. The van der Waals surface area contributed by atoms with Gasteiger partial charge in [0.15, 0.2) is 5.58 Å². The van der Waals surface area contributed by atoms with Crippen LogP contribution in [-0.2, 0) is 0 Å². The fourth-order valence-electron chi connectivity index (χ4n) is 1.17. The fraction of sp³-hybridized carbons (Fsp3) is 0.222. The van der Waals surface area contributed by atoms with Crippen molar-refractivity contribution < 1.29 is 4.42 Å². The van der Waals surface area contributed by atoms with Crippen LogP contribution in [0.3, 0.4) is 0 Å². The van der Waals surface area contributed by atoms with Gasteiger partial charge in [-0.25, -0.2) is 4.98 Å². The third-order valence-electron chi connectivity index (χ3n) is 1.85. The maximum atomic E-state index is 5.26. The van der Waals surface area contributed by atoms with Crippen LogP contribution in [0, 0.1) is 6.92 Å². The summed E-state index contributed by atoms with van der Waals surface area (Å²) >= 11 is 0. The minimum absolute atomic E-state index is 0.839. The second-order valence-electron chi connectivity index (χ2n) is 2.71. The number of rotatable bonds is 1. The van der Waals surface area contributed by atoms with Gasteiger partial charge in [-0.05, 0) is 19.1 Å². The van der Waals surface area contributed by atoms with E-state index in [2.05, 4.69) is 10.3 Å². The van der Waals surface area contributed by atoms with E-state index < -0.39 is 0 Å². The van der Waals surface area contributed by atoms with Crippen molar-refractivity contribution in [3.05, 3.63) is 24.0 Å². The van der Waals surface area contributed by atoms with Gasteiger partial charge in [-0.2, -0.15) is 0 Å². The molecule has 0 unspecified atom stereocenters. The summed E-state index contributed by atoms with van der Waals surface area (Å²) in [6.45, 7) is 1.98. The van der Waals surface area contributed by atoms with E-state index in [0.717, 1.165) is 22.5 Å². The van der Waals surface area contributed by atoms with Crippen LogP contribution in [0.5, 0.6) is 0 Å². The minimum atomic E-state index is 0.839. The molecule has 3 nitrogen and oxygen atoms in total. The Hall–Kier alpha value is -1.51. The number of nitrogens with zero attached hydrogens (tertiary/aromatic N) is 1. The number of hydrogen-bond acceptors (Lipinski definition) is 3. The smallest absolute Gasteiger partial charge is 0.152 e. The minimum Gasteiger partial charge on any atom is -0.462 e. The molecule has 0 aliphatic heterocycles. The van der Waals surface area contributed by atoms with Crippen molar-refractivity contribution in [2.45, 2.75) is 6.92 Å². The van der Waals surface area contributed by atoms with E-state index in [1.54, 1.807) is 6.26 Å². The molecule has 0 saturated heterocycles. The number of aromatic nitrogens is 1. The van der Waals surface area contributed by atoms with Gasteiger partial charge in [-0.15, -0.1) is 0 Å². The molecule has 0 atom stereocenters. The van der Waals surface area contributed by atoms with E-state index in [4.69, 9.17) is 4.42 Å². The summed E-state index contributed by atoms with van der Waals surface area (Å²) < 4.78 is 5.26. The largest absolute Gasteiger partial charge is 0.462 e. The van der Waals surface area contributed by atoms with E-state index in [0.29, 0.717) is 0 Å².